The van der Waals surface area contributed by atoms with Crippen molar-refractivity contribution < 1.29 is 14.3 Å². The van der Waals surface area contributed by atoms with Gasteiger partial charge in [-0.2, -0.15) is 0 Å². The number of hydrogen-bond donors (Lipinski definition) is 2. The monoisotopic (exact) mass is 384 g/mol. The van der Waals surface area contributed by atoms with E-state index in [2.05, 4.69) is 22.2 Å². The molecule has 2 saturated heterocycles. The summed E-state index contributed by atoms with van der Waals surface area (Å²) in [6.07, 6.45) is 4.31. The van der Waals surface area contributed by atoms with E-state index in [1.165, 1.54) is 0 Å². The number of carbonyl (C=O) groups excluding carboxylic acids is 1. The van der Waals surface area contributed by atoms with Crippen LogP contribution in [0, 0.1) is 18.7 Å². The molecule has 1 aromatic heterocycles. The summed E-state index contributed by atoms with van der Waals surface area (Å²) in [6, 6.07) is 5.48. The number of carbonyl (C=O) groups is 1. The summed E-state index contributed by atoms with van der Waals surface area (Å²) < 4.78 is 13.1. The fourth-order valence-electron chi connectivity index (χ4n) is 4.86. The fourth-order valence-corrected chi connectivity index (χ4v) is 4.86. The minimum Gasteiger partial charge on any atom is -0.391 e. The molecule has 0 saturated carbocycles. The summed E-state index contributed by atoms with van der Waals surface area (Å²) in [5.74, 6) is 0.414. The van der Waals surface area contributed by atoms with Gasteiger partial charge in [0.2, 0.25) is 0 Å². The number of nitrogens with one attached hydrogen (secondary N) is 1. The third-order valence-corrected chi connectivity index (χ3v) is 6.16. The highest BCUT2D eigenvalue weighted by Gasteiger charge is 2.60. The number of urea groups is 1. The molecule has 2 amide bonds. The molecule has 2 fully saturated rings. The number of rotatable bonds is 3. The molecule has 0 spiro atoms. The number of aromatic nitrogens is 2. The van der Waals surface area contributed by atoms with Crippen molar-refractivity contribution in [2.24, 2.45) is 5.92 Å². The Hall–Kier alpha value is -2.54. The van der Waals surface area contributed by atoms with Crippen LogP contribution < -0.4 is 5.32 Å². The second-order valence-corrected chi connectivity index (χ2v) is 8.24. The SMILES string of the molecule is Cc1ccc(NC(=O)N2C3CC(C)CC2(C(C)O)C3)cc1-c1ncc(F)cn1. The van der Waals surface area contributed by atoms with Crippen LogP contribution in [0.5, 0.6) is 0 Å². The van der Waals surface area contributed by atoms with E-state index in [0.717, 1.165) is 42.8 Å². The summed E-state index contributed by atoms with van der Waals surface area (Å²) in [6.45, 7) is 5.86. The largest absolute Gasteiger partial charge is 0.391 e. The molecule has 0 aliphatic carbocycles. The second-order valence-electron chi connectivity index (χ2n) is 8.24. The molecule has 2 aliphatic heterocycles. The van der Waals surface area contributed by atoms with E-state index in [9.17, 15) is 14.3 Å². The molecule has 1 aromatic carbocycles. The van der Waals surface area contributed by atoms with Gasteiger partial charge in [-0.25, -0.2) is 19.2 Å². The molecule has 4 rings (SSSR count). The molecule has 6 nitrogen and oxygen atoms in total. The molecule has 148 valence electrons. The van der Waals surface area contributed by atoms with Crippen LogP contribution in [0.4, 0.5) is 14.9 Å². The Morgan fingerprint density at radius 2 is 2.07 bits per heavy atom. The van der Waals surface area contributed by atoms with Crippen LogP contribution in [-0.2, 0) is 0 Å². The lowest BCUT2D eigenvalue weighted by Crippen LogP contribution is -2.76. The lowest BCUT2D eigenvalue weighted by Gasteiger charge is -2.64. The standard InChI is InChI=1S/C21H25FN4O2/c1-12-6-17-9-21(8-12,14(3)27)26(17)20(28)25-16-5-4-13(2)18(7-16)19-23-10-15(22)11-24-19/h4-5,7,10-12,14,17,27H,6,8-9H2,1-3H3,(H,25,28). The van der Waals surface area contributed by atoms with E-state index in [1.807, 2.05) is 24.0 Å². The number of aliphatic hydroxyl groups excluding tert-OH is 1. The number of hydrogen-bond acceptors (Lipinski definition) is 4. The van der Waals surface area contributed by atoms with Crippen molar-refractivity contribution in [2.75, 3.05) is 5.32 Å². The zero-order chi connectivity index (χ0) is 20.1. The summed E-state index contributed by atoms with van der Waals surface area (Å²) >= 11 is 0. The van der Waals surface area contributed by atoms with E-state index in [4.69, 9.17) is 0 Å². The van der Waals surface area contributed by atoms with Gasteiger partial charge in [0.1, 0.15) is 0 Å². The molecule has 2 aliphatic rings. The van der Waals surface area contributed by atoms with Crippen molar-refractivity contribution in [1.29, 1.82) is 0 Å². The molecule has 2 bridgehead atoms. The minimum absolute atomic E-state index is 0.170. The van der Waals surface area contributed by atoms with Crippen LogP contribution >= 0.6 is 0 Å². The molecular weight excluding hydrogens is 359 g/mol. The molecule has 2 N–H and O–H groups in total. The van der Waals surface area contributed by atoms with E-state index in [-0.39, 0.29) is 12.1 Å². The number of amides is 2. The first-order valence-corrected chi connectivity index (χ1v) is 9.67. The Labute approximate surface area is 163 Å². The van der Waals surface area contributed by atoms with Crippen LogP contribution in [0.15, 0.2) is 30.6 Å². The van der Waals surface area contributed by atoms with Gasteiger partial charge in [0, 0.05) is 17.3 Å². The van der Waals surface area contributed by atoms with Crippen LogP contribution in [-0.4, -0.2) is 43.7 Å². The van der Waals surface area contributed by atoms with Gasteiger partial charge < -0.3 is 15.3 Å². The van der Waals surface area contributed by atoms with Gasteiger partial charge in [0.25, 0.3) is 0 Å². The van der Waals surface area contributed by atoms with E-state index in [0.29, 0.717) is 17.4 Å². The van der Waals surface area contributed by atoms with Crippen molar-refractivity contribution >= 4 is 11.7 Å². The number of anilines is 1. The molecule has 0 radical (unpaired) electrons. The lowest BCUT2D eigenvalue weighted by atomic mass is 9.62. The first-order chi connectivity index (χ1) is 13.3. The number of aryl methyl sites for hydroxylation is 1. The number of halogens is 1. The van der Waals surface area contributed by atoms with Gasteiger partial charge >= 0.3 is 6.03 Å². The third kappa shape index (κ3) is 3.03. The Kier molecular flexibility index (Phi) is 4.57. The number of aliphatic hydroxyl groups is 1. The number of fused-ring (bicyclic) bond motifs is 2. The third-order valence-electron chi connectivity index (χ3n) is 6.16. The highest BCUT2D eigenvalue weighted by Crippen LogP contribution is 2.51. The van der Waals surface area contributed by atoms with Crippen LogP contribution in [0.25, 0.3) is 11.4 Å². The van der Waals surface area contributed by atoms with Gasteiger partial charge in [-0.15, -0.1) is 0 Å². The molecule has 4 atom stereocenters. The summed E-state index contributed by atoms with van der Waals surface area (Å²) in [5.41, 5.74) is 1.82. The van der Waals surface area contributed by atoms with Crippen molar-refractivity contribution in [3.8, 4) is 11.4 Å². The maximum atomic E-state index is 13.1. The quantitative estimate of drug-likeness (QED) is 0.845. The van der Waals surface area contributed by atoms with Gasteiger partial charge in [0.05, 0.1) is 24.0 Å². The van der Waals surface area contributed by atoms with E-state index in [1.54, 1.807) is 13.0 Å². The minimum atomic E-state index is -0.571. The Balaban J connectivity index is 1.57. The van der Waals surface area contributed by atoms with Crippen molar-refractivity contribution in [3.63, 3.8) is 0 Å². The Morgan fingerprint density at radius 1 is 1.36 bits per heavy atom. The summed E-state index contributed by atoms with van der Waals surface area (Å²) in [7, 11) is 0. The highest BCUT2D eigenvalue weighted by atomic mass is 19.1. The van der Waals surface area contributed by atoms with Gasteiger partial charge in [-0.05, 0) is 56.7 Å². The fraction of sp³-hybridized carbons (Fsp3) is 0.476. The van der Waals surface area contributed by atoms with Gasteiger partial charge in [0.15, 0.2) is 11.6 Å². The first-order valence-electron chi connectivity index (χ1n) is 9.67. The molecule has 3 heterocycles. The topological polar surface area (TPSA) is 78.4 Å². The van der Waals surface area contributed by atoms with Gasteiger partial charge in [-0.3, -0.25) is 0 Å². The van der Waals surface area contributed by atoms with Gasteiger partial charge in [-0.1, -0.05) is 13.0 Å². The summed E-state index contributed by atoms with van der Waals surface area (Å²) in [4.78, 5) is 22.9. The molecule has 7 heteroatoms. The number of piperidine rings is 1. The predicted molar refractivity (Wildman–Crippen MR) is 104 cm³/mol. The number of nitrogens with zero attached hydrogens (tertiary/aromatic N) is 3. The number of benzene rings is 1. The summed E-state index contributed by atoms with van der Waals surface area (Å²) in [5, 5.41) is 13.3. The average Bonchev–Trinajstić information content (AvgIpc) is 2.63. The second kappa shape index (κ2) is 6.81. The first kappa shape index (κ1) is 18.8. The normalized spacial score (nSPS) is 27.1. The zero-order valence-corrected chi connectivity index (χ0v) is 16.3. The Morgan fingerprint density at radius 3 is 2.75 bits per heavy atom. The van der Waals surface area contributed by atoms with Crippen LogP contribution in [0.3, 0.4) is 0 Å². The van der Waals surface area contributed by atoms with Crippen molar-refractivity contribution in [1.82, 2.24) is 14.9 Å². The molecule has 4 unspecified atom stereocenters. The highest BCUT2D eigenvalue weighted by molar-refractivity contribution is 5.92. The van der Waals surface area contributed by atoms with E-state index < -0.39 is 17.5 Å². The molecule has 2 aromatic rings. The van der Waals surface area contributed by atoms with E-state index >= 15 is 0 Å². The predicted octanol–water partition coefficient (Wildman–Crippen LogP) is 3.75. The molecular formula is C21H25FN4O2. The van der Waals surface area contributed by atoms with Crippen LogP contribution in [0.2, 0.25) is 0 Å². The zero-order valence-electron chi connectivity index (χ0n) is 16.3. The molecule has 28 heavy (non-hydrogen) atoms. The Bertz CT molecular complexity index is 902. The smallest absolute Gasteiger partial charge is 0.322 e. The van der Waals surface area contributed by atoms with Crippen molar-refractivity contribution in [3.05, 3.63) is 42.0 Å². The van der Waals surface area contributed by atoms with Crippen molar-refractivity contribution in [2.45, 2.75) is 57.7 Å². The maximum absolute atomic E-state index is 13.1. The maximum Gasteiger partial charge on any atom is 0.322 e. The lowest BCUT2D eigenvalue weighted by molar-refractivity contribution is -0.146. The average molecular weight is 384 g/mol. The van der Waals surface area contributed by atoms with Crippen LogP contribution in [0.1, 0.15) is 38.7 Å².